The first-order valence-electron chi connectivity index (χ1n) is 18.3. The second-order valence-electron chi connectivity index (χ2n) is 16.8. The minimum Gasteiger partial charge on any atom is -0.469 e. The van der Waals surface area contributed by atoms with E-state index in [1.54, 1.807) is 0 Å². The molecule has 6 rings (SSSR count). The highest BCUT2D eigenvalue weighted by Gasteiger charge is 2.69. The zero-order chi connectivity index (χ0) is 33.9. The summed E-state index contributed by atoms with van der Waals surface area (Å²) in [6.07, 6.45) is 9.04. The number of esters is 3. The zero-order valence-corrected chi connectivity index (χ0v) is 29.8. The number of fused-ring (bicyclic) bond motifs is 5. The van der Waals surface area contributed by atoms with Crippen molar-refractivity contribution in [2.45, 2.75) is 149 Å². The number of ether oxygens (including phenoxy) is 3. The molecule has 6 fully saturated rings. The summed E-state index contributed by atoms with van der Waals surface area (Å²) in [5, 5.41) is 0. The van der Waals surface area contributed by atoms with E-state index in [4.69, 9.17) is 33.8 Å². The van der Waals surface area contributed by atoms with Crippen LogP contribution in [0, 0.1) is 58.2 Å². The van der Waals surface area contributed by atoms with E-state index in [-0.39, 0.29) is 88.3 Å². The highest BCUT2D eigenvalue weighted by Crippen LogP contribution is 2.70. The predicted octanol–water partition coefficient (Wildman–Crippen LogP) is 7.08. The van der Waals surface area contributed by atoms with Crippen molar-refractivity contribution in [2.24, 2.45) is 58.2 Å². The molecule has 0 N–H and O–H groups in total. The van der Waals surface area contributed by atoms with Gasteiger partial charge in [-0.25, -0.2) is 0 Å². The lowest BCUT2D eigenvalue weighted by molar-refractivity contribution is -0.677. The van der Waals surface area contributed by atoms with Crippen LogP contribution in [0.1, 0.15) is 126 Å². The van der Waals surface area contributed by atoms with Gasteiger partial charge in [0.05, 0.1) is 7.11 Å². The number of carbonyl (C=O) groups is 3. The molecule has 0 amide bonds. The summed E-state index contributed by atoms with van der Waals surface area (Å²) in [5.74, 6) is -1.24. The van der Waals surface area contributed by atoms with Crippen LogP contribution in [0.25, 0.3) is 0 Å². The lowest BCUT2D eigenvalue weighted by Gasteiger charge is -2.65. The lowest BCUT2D eigenvalue weighted by atomic mass is 9.42. The maximum absolute atomic E-state index is 12.7. The second-order valence-corrected chi connectivity index (χ2v) is 16.8. The van der Waals surface area contributed by atoms with Crippen molar-refractivity contribution in [1.82, 2.24) is 0 Å². The smallest absolute Gasteiger partial charge is 0.305 e. The van der Waals surface area contributed by atoms with Crippen molar-refractivity contribution < 1.29 is 48.1 Å². The highest BCUT2D eigenvalue weighted by atomic mass is 17.4. The van der Waals surface area contributed by atoms with Gasteiger partial charge in [-0.3, -0.25) is 14.4 Å². The van der Waals surface area contributed by atoms with Crippen LogP contribution in [-0.4, -0.2) is 48.8 Å². The first-order chi connectivity index (χ1) is 22.2. The average molecular weight is 663 g/mol. The van der Waals surface area contributed by atoms with Crippen LogP contribution < -0.4 is 0 Å². The molecule has 266 valence electrons. The van der Waals surface area contributed by atoms with Crippen molar-refractivity contribution in [3.63, 3.8) is 0 Å². The molecule has 0 aromatic rings. The molecular weight excluding hydrogens is 604 g/mol. The van der Waals surface area contributed by atoms with Crippen molar-refractivity contribution in [3.05, 3.63) is 0 Å². The number of hydrogen-bond acceptors (Lipinski definition) is 10. The number of hydrogen-bond donors (Lipinski definition) is 0. The summed E-state index contributed by atoms with van der Waals surface area (Å²) in [7, 11) is 1.43. The van der Waals surface area contributed by atoms with Gasteiger partial charge in [0.2, 0.25) is 11.6 Å². The van der Waals surface area contributed by atoms with E-state index in [1.807, 2.05) is 0 Å². The summed E-state index contributed by atoms with van der Waals surface area (Å²) >= 11 is 0. The van der Waals surface area contributed by atoms with Gasteiger partial charge in [-0.15, -0.1) is 0 Å². The molecule has 2 spiro atoms. The second kappa shape index (κ2) is 12.9. The molecular formula is C37H58O10. The summed E-state index contributed by atoms with van der Waals surface area (Å²) in [5.41, 5.74) is -0.424. The van der Waals surface area contributed by atoms with E-state index >= 15 is 0 Å². The molecule has 2 unspecified atom stereocenters. The molecule has 10 nitrogen and oxygen atoms in total. The Labute approximate surface area is 280 Å². The lowest BCUT2D eigenvalue weighted by Crippen LogP contribution is -2.66. The monoisotopic (exact) mass is 662 g/mol. The van der Waals surface area contributed by atoms with Crippen molar-refractivity contribution in [2.75, 3.05) is 7.11 Å². The van der Waals surface area contributed by atoms with E-state index in [0.29, 0.717) is 32.1 Å². The average Bonchev–Trinajstić information content (AvgIpc) is 3.38. The zero-order valence-electron chi connectivity index (χ0n) is 29.8. The standard InChI is InChI=1S/C37H58O10/c1-21(12-15-32(40)41-8)27-13-14-28-33-29(19-31(35(27,28)7)43-25(5)39)34(6)16-17-36(20-26(34)18-30(33)42-24(4)38)44-46-37(47-45-36)22(2)10-9-11-23(37)3/h21-23,26-31,33H,9-20H2,1-8H3/t21-,22?,23?,26-,27-,28+,29+,30-,31+,33+,34+,35-,36?,37?/m1/s1. The Hall–Kier alpha value is -1.75. The molecule has 10 heteroatoms. The maximum Gasteiger partial charge on any atom is 0.305 e. The minimum atomic E-state index is -1.02. The van der Waals surface area contributed by atoms with Gasteiger partial charge in [0.25, 0.3) is 0 Å². The molecule has 1 aliphatic heterocycles. The maximum atomic E-state index is 12.7. The molecule has 0 bridgehead atoms. The van der Waals surface area contributed by atoms with Gasteiger partial charge in [-0.1, -0.05) is 41.0 Å². The highest BCUT2D eigenvalue weighted by molar-refractivity contribution is 5.69. The van der Waals surface area contributed by atoms with Gasteiger partial charge in [0.1, 0.15) is 12.2 Å². The van der Waals surface area contributed by atoms with Gasteiger partial charge >= 0.3 is 17.9 Å². The Morgan fingerprint density at radius 2 is 1.51 bits per heavy atom. The Balaban J connectivity index is 1.28. The van der Waals surface area contributed by atoms with Gasteiger partial charge in [-0.2, -0.15) is 19.6 Å². The van der Waals surface area contributed by atoms with Gasteiger partial charge in [0, 0.05) is 56.3 Å². The molecule has 5 saturated carbocycles. The van der Waals surface area contributed by atoms with E-state index in [2.05, 4.69) is 34.6 Å². The van der Waals surface area contributed by atoms with E-state index in [1.165, 1.54) is 21.0 Å². The number of carbonyl (C=O) groups excluding carboxylic acids is 3. The fourth-order valence-electron chi connectivity index (χ4n) is 11.8. The summed E-state index contributed by atoms with van der Waals surface area (Å²) in [6, 6.07) is 0. The Morgan fingerprint density at radius 1 is 0.851 bits per heavy atom. The minimum absolute atomic E-state index is 0.114. The third kappa shape index (κ3) is 5.84. The Morgan fingerprint density at radius 3 is 2.13 bits per heavy atom. The summed E-state index contributed by atoms with van der Waals surface area (Å²) in [6.45, 7) is 14.2. The summed E-state index contributed by atoms with van der Waals surface area (Å²) < 4.78 is 17.5. The quantitative estimate of drug-likeness (QED) is 0.166. The summed E-state index contributed by atoms with van der Waals surface area (Å²) in [4.78, 5) is 62.4. The molecule has 12 atom stereocenters. The third-order valence-corrected chi connectivity index (χ3v) is 14.4. The molecule has 1 heterocycles. The van der Waals surface area contributed by atoms with Crippen LogP contribution in [0.5, 0.6) is 0 Å². The van der Waals surface area contributed by atoms with Crippen LogP contribution in [0.2, 0.25) is 0 Å². The largest absolute Gasteiger partial charge is 0.469 e. The van der Waals surface area contributed by atoms with Crippen LogP contribution in [-0.2, 0) is 48.1 Å². The third-order valence-electron chi connectivity index (χ3n) is 14.4. The molecule has 0 aromatic heterocycles. The van der Waals surface area contributed by atoms with Gasteiger partial charge in [-0.05, 0) is 86.4 Å². The first kappa shape index (κ1) is 35.1. The van der Waals surface area contributed by atoms with Gasteiger partial charge < -0.3 is 14.2 Å². The fourth-order valence-corrected chi connectivity index (χ4v) is 11.8. The van der Waals surface area contributed by atoms with Crippen molar-refractivity contribution in [1.29, 1.82) is 0 Å². The topological polar surface area (TPSA) is 116 Å². The number of rotatable bonds is 6. The van der Waals surface area contributed by atoms with Crippen LogP contribution >= 0.6 is 0 Å². The molecule has 0 aromatic carbocycles. The van der Waals surface area contributed by atoms with E-state index < -0.39 is 11.6 Å². The Kier molecular flexibility index (Phi) is 9.60. The molecule has 5 aliphatic carbocycles. The van der Waals surface area contributed by atoms with Crippen LogP contribution in [0.4, 0.5) is 0 Å². The molecule has 6 aliphatic rings. The van der Waals surface area contributed by atoms with Crippen molar-refractivity contribution in [3.8, 4) is 0 Å². The van der Waals surface area contributed by atoms with Crippen LogP contribution in [0.15, 0.2) is 0 Å². The van der Waals surface area contributed by atoms with Crippen LogP contribution in [0.3, 0.4) is 0 Å². The SMILES string of the molecule is COC(=O)CC[C@@H](C)[C@H]1CC[C@H]2[C@@H]3[C@H](OC(C)=O)C[C@@H]4CC5(CC[C@]4(C)[C@H]3C[C@H](OC(C)=O)[C@]12C)OOC1(OO5)C(C)CCCC1C. The van der Waals surface area contributed by atoms with E-state index in [9.17, 15) is 14.4 Å². The fraction of sp³-hybridized carbons (Fsp3) is 0.919. The first-order valence-corrected chi connectivity index (χ1v) is 18.3. The van der Waals surface area contributed by atoms with Crippen molar-refractivity contribution >= 4 is 17.9 Å². The molecule has 47 heavy (non-hydrogen) atoms. The molecule has 1 saturated heterocycles. The Bertz CT molecular complexity index is 1180. The van der Waals surface area contributed by atoms with E-state index in [0.717, 1.165) is 44.9 Å². The number of methoxy groups -OCH3 is 1. The normalized spacial score (nSPS) is 48.1. The molecule has 0 radical (unpaired) electrons. The van der Waals surface area contributed by atoms with Gasteiger partial charge in [0.15, 0.2) is 0 Å². The predicted molar refractivity (Wildman–Crippen MR) is 169 cm³/mol.